The van der Waals surface area contributed by atoms with Crippen LogP contribution in [0, 0.1) is 0 Å². The average Bonchev–Trinajstić information content (AvgIpc) is 2.98. The minimum absolute atomic E-state index is 0.116. The van der Waals surface area contributed by atoms with Crippen molar-refractivity contribution in [1.29, 1.82) is 0 Å². The van der Waals surface area contributed by atoms with Crippen molar-refractivity contribution in [2.75, 3.05) is 30.4 Å². The van der Waals surface area contributed by atoms with Gasteiger partial charge in [-0.25, -0.2) is 9.78 Å². The molecule has 0 radical (unpaired) electrons. The number of aromatic nitrogens is 1. The zero-order chi connectivity index (χ0) is 23.3. The van der Waals surface area contributed by atoms with Crippen molar-refractivity contribution in [3.8, 4) is 0 Å². The topological polar surface area (TPSA) is 57.7 Å². The summed E-state index contributed by atoms with van der Waals surface area (Å²) in [5, 5.41) is 2.99. The number of alkyl halides is 3. The van der Waals surface area contributed by atoms with Crippen LogP contribution in [0.3, 0.4) is 0 Å². The van der Waals surface area contributed by atoms with Gasteiger partial charge in [-0.05, 0) is 57.0 Å². The van der Waals surface area contributed by atoms with Gasteiger partial charge in [0, 0.05) is 44.0 Å². The molecule has 0 spiro atoms. The van der Waals surface area contributed by atoms with E-state index in [9.17, 15) is 18.0 Å². The molecule has 9 heteroatoms. The third-order valence-electron chi connectivity index (χ3n) is 5.86. The Labute approximate surface area is 185 Å². The Balaban J connectivity index is 1.71. The van der Waals surface area contributed by atoms with E-state index in [4.69, 9.17) is 4.74 Å². The molecule has 1 aromatic heterocycles. The van der Waals surface area contributed by atoms with Gasteiger partial charge in [-0.2, -0.15) is 13.2 Å². The molecule has 2 unspecified atom stereocenters. The number of pyridine rings is 1. The number of halogens is 3. The van der Waals surface area contributed by atoms with Crippen LogP contribution in [0.5, 0.6) is 0 Å². The number of nitrogens with one attached hydrogen (secondary N) is 1. The minimum Gasteiger partial charge on any atom is -0.444 e. The summed E-state index contributed by atoms with van der Waals surface area (Å²) in [7, 11) is 1.70. The fourth-order valence-electron chi connectivity index (χ4n) is 4.57. The Kier molecular flexibility index (Phi) is 5.46. The number of benzene rings is 1. The zero-order valence-corrected chi connectivity index (χ0v) is 18.5. The smallest absolute Gasteiger partial charge is 0.418 e. The maximum atomic E-state index is 14.0. The molecule has 3 heterocycles. The molecule has 6 nitrogen and oxygen atoms in total. The number of anilines is 3. The molecule has 0 bridgehead atoms. The zero-order valence-electron chi connectivity index (χ0n) is 18.5. The Morgan fingerprint density at radius 1 is 1.22 bits per heavy atom. The van der Waals surface area contributed by atoms with E-state index in [-0.39, 0.29) is 17.6 Å². The molecule has 2 aliphatic rings. The van der Waals surface area contributed by atoms with E-state index >= 15 is 0 Å². The van der Waals surface area contributed by atoms with E-state index in [2.05, 4.69) is 10.3 Å². The highest BCUT2D eigenvalue weighted by molar-refractivity contribution is 5.75. The molecule has 1 amide bonds. The number of likely N-dealkylation sites (tertiary alicyclic amines) is 1. The van der Waals surface area contributed by atoms with Crippen LogP contribution < -0.4 is 10.2 Å². The maximum Gasteiger partial charge on any atom is 0.418 e. The first-order chi connectivity index (χ1) is 14.9. The van der Waals surface area contributed by atoms with Crippen LogP contribution >= 0.6 is 0 Å². The monoisotopic (exact) mass is 448 g/mol. The highest BCUT2D eigenvalue weighted by Gasteiger charge is 2.47. The van der Waals surface area contributed by atoms with Crippen LogP contribution in [-0.2, 0) is 10.9 Å². The van der Waals surface area contributed by atoms with Crippen LogP contribution in [0.2, 0.25) is 0 Å². The Morgan fingerprint density at radius 2 is 1.97 bits per heavy atom. The van der Waals surface area contributed by atoms with Gasteiger partial charge in [0.25, 0.3) is 0 Å². The van der Waals surface area contributed by atoms with E-state index in [0.29, 0.717) is 36.6 Å². The van der Waals surface area contributed by atoms with Gasteiger partial charge in [0.05, 0.1) is 11.3 Å². The molecule has 1 fully saturated rings. The second-order valence-corrected chi connectivity index (χ2v) is 9.30. The Bertz CT molecular complexity index is 1000. The summed E-state index contributed by atoms with van der Waals surface area (Å²) >= 11 is 0. The molecule has 1 N–H and O–H groups in total. The lowest BCUT2D eigenvalue weighted by molar-refractivity contribution is -0.137. The van der Waals surface area contributed by atoms with Gasteiger partial charge in [0.15, 0.2) is 0 Å². The predicted octanol–water partition coefficient (Wildman–Crippen LogP) is 5.39. The van der Waals surface area contributed by atoms with Gasteiger partial charge in [-0.1, -0.05) is 6.07 Å². The second kappa shape index (κ2) is 7.86. The third kappa shape index (κ3) is 4.33. The fraction of sp³-hybridized carbons (Fsp3) is 0.478. The minimum atomic E-state index is -4.52. The van der Waals surface area contributed by atoms with Crippen LogP contribution in [0.4, 0.5) is 35.2 Å². The number of amides is 1. The van der Waals surface area contributed by atoms with E-state index in [0.717, 1.165) is 6.07 Å². The number of nitrogens with zero attached hydrogens (tertiary/aromatic N) is 3. The quantitative estimate of drug-likeness (QED) is 0.668. The third-order valence-corrected chi connectivity index (χ3v) is 5.86. The van der Waals surface area contributed by atoms with Gasteiger partial charge < -0.3 is 19.9 Å². The van der Waals surface area contributed by atoms with Gasteiger partial charge in [-0.15, -0.1) is 0 Å². The first kappa shape index (κ1) is 22.2. The number of hydrogen-bond acceptors (Lipinski definition) is 5. The maximum absolute atomic E-state index is 14.0. The first-order valence-corrected chi connectivity index (χ1v) is 10.6. The molecule has 0 saturated carbocycles. The summed E-state index contributed by atoms with van der Waals surface area (Å²) in [6.45, 7) is 6.13. The summed E-state index contributed by atoms with van der Waals surface area (Å²) in [5.74, 6) is 0.213. The number of carbonyl (C=O) groups is 1. The lowest BCUT2D eigenvalue weighted by Gasteiger charge is -2.38. The molecule has 172 valence electrons. The molecule has 0 aliphatic carbocycles. The van der Waals surface area contributed by atoms with Gasteiger partial charge >= 0.3 is 12.3 Å². The van der Waals surface area contributed by atoms with Crippen LogP contribution in [0.15, 0.2) is 36.5 Å². The summed E-state index contributed by atoms with van der Waals surface area (Å²) in [6, 6.07) is 7.96. The molecular formula is C23H27F3N4O2. The summed E-state index contributed by atoms with van der Waals surface area (Å²) in [4.78, 5) is 20.1. The predicted molar refractivity (Wildman–Crippen MR) is 116 cm³/mol. The van der Waals surface area contributed by atoms with Crippen LogP contribution in [-0.4, -0.2) is 47.8 Å². The van der Waals surface area contributed by atoms with Crippen molar-refractivity contribution in [2.45, 2.75) is 50.9 Å². The number of piperidine rings is 1. The van der Waals surface area contributed by atoms with E-state index in [1.165, 1.54) is 0 Å². The lowest BCUT2D eigenvalue weighted by atomic mass is 9.88. The molecule has 1 saturated heterocycles. The summed E-state index contributed by atoms with van der Waals surface area (Å²) < 4.78 is 47.6. The van der Waals surface area contributed by atoms with Crippen LogP contribution in [0.1, 0.15) is 44.2 Å². The number of carbonyl (C=O) groups excluding carboxylic acids is 1. The number of rotatable bonds is 2. The van der Waals surface area contributed by atoms with Gasteiger partial charge in [0.1, 0.15) is 11.4 Å². The van der Waals surface area contributed by atoms with Gasteiger partial charge in [0.2, 0.25) is 0 Å². The van der Waals surface area contributed by atoms with Crippen LogP contribution in [0.25, 0.3) is 0 Å². The SMILES string of the molecule is CN1c2c(cc(Nc3ccccn3)cc2C(F)(F)F)C2CN(C(=O)OC(C)(C)C)CCC21. The van der Waals surface area contributed by atoms with Crippen molar-refractivity contribution in [1.82, 2.24) is 9.88 Å². The Hall–Kier alpha value is -2.97. The number of hydrogen-bond donors (Lipinski definition) is 1. The molecule has 2 aromatic rings. The van der Waals surface area contributed by atoms with Crippen molar-refractivity contribution >= 4 is 23.3 Å². The molecular weight excluding hydrogens is 421 g/mol. The number of fused-ring (bicyclic) bond motifs is 3. The van der Waals surface area contributed by atoms with Crippen molar-refractivity contribution in [3.63, 3.8) is 0 Å². The molecule has 1 aromatic carbocycles. The average molecular weight is 448 g/mol. The van der Waals surface area contributed by atoms with E-state index < -0.39 is 23.4 Å². The van der Waals surface area contributed by atoms with E-state index in [1.807, 2.05) is 0 Å². The second-order valence-electron chi connectivity index (χ2n) is 9.30. The summed E-state index contributed by atoms with van der Waals surface area (Å²) in [6.07, 6.45) is -2.82. The lowest BCUT2D eigenvalue weighted by Crippen LogP contribution is -2.48. The largest absolute Gasteiger partial charge is 0.444 e. The molecule has 4 rings (SSSR count). The number of likely N-dealkylation sites (N-methyl/N-ethyl adjacent to an activating group) is 1. The van der Waals surface area contributed by atoms with Crippen molar-refractivity contribution in [2.24, 2.45) is 0 Å². The number of ether oxygens (including phenoxy) is 1. The summed E-state index contributed by atoms with van der Waals surface area (Å²) in [5.41, 5.74) is -0.238. The standard InChI is InChI=1S/C23H27F3N4O2/c1-22(2,3)32-21(31)30-10-8-18-16(13-30)15-11-14(28-19-7-5-6-9-27-19)12-17(23(24,25)26)20(15)29(18)4/h5-7,9,11-12,16,18H,8,10,13H2,1-4H3,(H,27,28). The van der Waals surface area contributed by atoms with Crippen molar-refractivity contribution < 1.29 is 22.7 Å². The fourth-order valence-corrected chi connectivity index (χ4v) is 4.57. The first-order valence-electron chi connectivity index (χ1n) is 10.6. The van der Waals surface area contributed by atoms with Gasteiger partial charge in [-0.3, -0.25) is 0 Å². The highest BCUT2D eigenvalue weighted by Crippen LogP contribution is 2.51. The Morgan fingerprint density at radius 3 is 2.59 bits per heavy atom. The molecule has 2 atom stereocenters. The molecule has 2 aliphatic heterocycles. The molecule has 32 heavy (non-hydrogen) atoms. The van der Waals surface area contributed by atoms with Crippen molar-refractivity contribution in [3.05, 3.63) is 47.7 Å². The van der Waals surface area contributed by atoms with E-state index in [1.54, 1.807) is 68.1 Å². The normalized spacial score (nSPS) is 20.6. The highest BCUT2D eigenvalue weighted by atomic mass is 19.4.